The Balaban J connectivity index is 1.32. The number of carbonyl (C=O) groups excluding carboxylic acids is 1. The highest BCUT2D eigenvalue weighted by atomic mass is 16.5. The topological polar surface area (TPSA) is 59.2 Å². The van der Waals surface area contributed by atoms with Crippen molar-refractivity contribution in [1.29, 1.82) is 0 Å². The fourth-order valence-electron chi connectivity index (χ4n) is 3.86. The second kappa shape index (κ2) is 10.4. The van der Waals surface area contributed by atoms with E-state index in [1.165, 1.54) is 17.5 Å². The van der Waals surface area contributed by atoms with E-state index in [-0.39, 0.29) is 5.91 Å². The lowest BCUT2D eigenvalue weighted by Crippen LogP contribution is -2.38. The Morgan fingerprint density at radius 3 is 2.61 bits per heavy atom. The van der Waals surface area contributed by atoms with E-state index in [1.54, 1.807) is 0 Å². The van der Waals surface area contributed by atoms with E-state index in [0.717, 1.165) is 63.4 Å². The van der Waals surface area contributed by atoms with Crippen LogP contribution in [0.2, 0.25) is 0 Å². The number of hydrogen-bond donors (Lipinski definition) is 0. The lowest BCUT2D eigenvalue weighted by molar-refractivity contribution is -0.132. The summed E-state index contributed by atoms with van der Waals surface area (Å²) in [5, 5.41) is 3.96. The fourth-order valence-corrected chi connectivity index (χ4v) is 3.86. The molecule has 0 atom stereocenters. The van der Waals surface area contributed by atoms with Gasteiger partial charge in [0, 0.05) is 32.4 Å². The highest BCUT2D eigenvalue weighted by Gasteiger charge is 2.22. The molecule has 1 saturated heterocycles. The van der Waals surface area contributed by atoms with Gasteiger partial charge < -0.3 is 9.42 Å². The number of benzene rings is 1. The number of piperidine rings is 1. The van der Waals surface area contributed by atoms with E-state index < -0.39 is 0 Å². The molecule has 0 radical (unpaired) electrons. The summed E-state index contributed by atoms with van der Waals surface area (Å²) in [7, 11) is 0. The average molecular weight is 384 g/mol. The summed E-state index contributed by atoms with van der Waals surface area (Å²) in [6.45, 7) is 6.03. The number of hydrogen-bond acceptors (Lipinski definition) is 4. The largest absolute Gasteiger partial charge is 0.343 e. The average Bonchev–Trinajstić information content (AvgIpc) is 3.15. The Hall–Kier alpha value is -2.17. The Kier molecular flexibility index (Phi) is 7.63. The summed E-state index contributed by atoms with van der Waals surface area (Å²) in [5.41, 5.74) is 2.74. The van der Waals surface area contributed by atoms with Crippen molar-refractivity contribution in [2.24, 2.45) is 5.92 Å². The minimum Gasteiger partial charge on any atom is -0.343 e. The first-order valence-electron chi connectivity index (χ1n) is 10.8. The molecule has 0 N–H and O–H groups in total. The fraction of sp³-hybridized carbons (Fsp3) is 0.609. The number of rotatable bonds is 9. The first-order valence-corrected chi connectivity index (χ1v) is 10.8. The maximum Gasteiger partial charge on any atom is 0.226 e. The number of carbonyl (C=O) groups is 1. The molecule has 1 amide bonds. The standard InChI is InChI=1S/C23H33N3O2/c1-3-5-21-24-22(28-25-21)6-4-7-23(27)26-16-14-20(15-17-26)13-12-19-10-8-18(2)9-11-19/h8-11,20H,3-7,12-17H2,1-2H3. The normalized spacial score (nSPS) is 15.1. The van der Waals surface area contributed by atoms with Crippen molar-refractivity contribution >= 4 is 5.91 Å². The van der Waals surface area contributed by atoms with Crippen LogP contribution in [0.25, 0.3) is 0 Å². The van der Waals surface area contributed by atoms with Crippen LogP contribution >= 0.6 is 0 Å². The smallest absolute Gasteiger partial charge is 0.226 e. The maximum atomic E-state index is 12.5. The molecule has 5 heteroatoms. The van der Waals surface area contributed by atoms with Crippen molar-refractivity contribution < 1.29 is 9.32 Å². The first-order chi connectivity index (χ1) is 13.6. The molecule has 152 valence electrons. The molecule has 5 nitrogen and oxygen atoms in total. The second-order valence-corrected chi connectivity index (χ2v) is 8.06. The van der Waals surface area contributed by atoms with Gasteiger partial charge in [-0.3, -0.25) is 4.79 Å². The number of aromatic nitrogens is 2. The van der Waals surface area contributed by atoms with Crippen molar-refractivity contribution in [1.82, 2.24) is 15.0 Å². The van der Waals surface area contributed by atoms with E-state index >= 15 is 0 Å². The Labute approximate surface area is 168 Å². The van der Waals surface area contributed by atoms with Crippen LogP contribution < -0.4 is 0 Å². The number of aryl methyl sites for hydroxylation is 4. The van der Waals surface area contributed by atoms with Crippen LogP contribution in [-0.2, 0) is 24.1 Å². The van der Waals surface area contributed by atoms with Crippen molar-refractivity contribution in [3.63, 3.8) is 0 Å². The predicted molar refractivity (Wildman–Crippen MR) is 110 cm³/mol. The Morgan fingerprint density at radius 2 is 1.89 bits per heavy atom. The molecule has 1 aromatic carbocycles. The summed E-state index contributed by atoms with van der Waals surface area (Å²) >= 11 is 0. The lowest BCUT2D eigenvalue weighted by atomic mass is 9.90. The molecule has 3 rings (SSSR count). The Morgan fingerprint density at radius 1 is 1.14 bits per heavy atom. The molecule has 1 aromatic heterocycles. The second-order valence-electron chi connectivity index (χ2n) is 8.06. The van der Waals surface area contributed by atoms with Crippen LogP contribution in [0.1, 0.15) is 68.3 Å². The van der Waals surface area contributed by atoms with Crippen molar-refractivity contribution in [2.75, 3.05) is 13.1 Å². The molecule has 0 aliphatic carbocycles. The van der Waals surface area contributed by atoms with Crippen LogP contribution in [0, 0.1) is 12.8 Å². The molecule has 28 heavy (non-hydrogen) atoms. The zero-order valence-corrected chi connectivity index (χ0v) is 17.3. The lowest BCUT2D eigenvalue weighted by Gasteiger charge is -2.32. The van der Waals surface area contributed by atoms with Gasteiger partial charge >= 0.3 is 0 Å². The molecule has 0 spiro atoms. The van der Waals surface area contributed by atoms with Crippen LogP contribution in [0.15, 0.2) is 28.8 Å². The van der Waals surface area contributed by atoms with E-state index in [2.05, 4.69) is 48.3 Å². The van der Waals surface area contributed by atoms with Gasteiger partial charge in [0.15, 0.2) is 5.82 Å². The minimum atomic E-state index is 0.269. The van der Waals surface area contributed by atoms with E-state index in [4.69, 9.17) is 4.52 Å². The molecule has 0 unspecified atom stereocenters. The van der Waals surface area contributed by atoms with Crippen LogP contribution in [-0.4, -0.2) is 34.0 Å². The van der Waals surface area contributed by atoms with Crippen molar-refractivity contribution in [3.8, 4) is 0 Å². The van der Waals surface area contributed by atoms with Gasteiger partial charge in [0.2, 0.25) is 11.8 Å². The predicted octanol–water partition coefficient (Wildman–Crippen LogP) is 4.52. The zero-order valence-electron chi connectivity index (χ0n) is 17.3. The summed E-state index contributed by atoms with van der Waals surface area (Å²) in [5.74, 6) is 2.44. The molecular weight excluding hydrogens is 350 g/mol. The summed E-state index contributed by atoms with van der Waals surface area (Å²) in [6, 6.07) is 8.86. The molecule has 1 fully saturated rings. The number of nitrogens with zero attached hydrogens (tertiary/aromatic N) is 3. The SMILES string of the molecule is CCCc1noc(CCCC(=O)N2CCC(CCc3ccc(C)cc3)CC2)n1. The highest BCUT2D eigenvalue weighted by Crippen LogP contribution is 2.23. The number of amides is 1. The molecule has 2 heterocycles. The molecule has 1 aliphatic rings. The third-order valence-electron chi connectivity index (χ3n) is 5.69. The van der Waals surface area contributed by atoms with Gasteiger partial charge in [-0.05, 0) is 56.9 Å². The minimum absolute atomic E-state index is 0.269. The van der Waals surface area contributed by atoms with E-state index in [0.29, 0.717) is 18.7 Å². The van der Waals surface area contributed by atoms with Crippen LogP contribution in [0.4, 0.5) is 0 Å². The van der Waals surface area contributed by atoms with Gasteiger partial charge in [-0.15, -0.1) is 0 Å². The molecule has 0 saturated carbocycles. The van der Waals surface area contributed by atoms with Gasteiger partial charge in [-0.25, -0.2) is 0 Å². The van der Waals surface area contributed by atoms with Gasteiger partial charge in [0.05, 0.1) is 0 Å². The summed E-state index contributed by atoms with van der Waals surface area (Å²) < 4.78 is 5.24. The quantitative estimate of drug-likeness (QED) is 0.638. The number of likely N-dealkylation sites (tertiary alicyclic amines) is 1. The van der Waals surface area contributed by atoms with Gasteiger partial charge in [0.25, 0.3) is 0 Å². The molecule has 2 aromatic rings. The Bertz CT molecular complexity index is 731. The first kappa shape index (κ1) is 20.6. The van der Waals surface area contributed by atoms with Gasteiger partial charge in [0.1, 0.15) is 0 Å². The van der Waals surface area contributed by atoms with Crippen molar-refractivity contribution in [3.05, 3.63) is 47.1 Å². The van der Waals surface area contributed by atoms with E-state index in [9.17, 15) is 4.79 Å². The summed E-state index contributed by atoms with van der Waals surface area (Å²) in [4.78, 5) is 18.9. The van der Waals surface area contributed by atoms with Gasteiger partial charge in [-0.1, -0.05) is 41.9 Å². The summed E-state index contributed by atoms with van der Waals surface area (Å²) in [6.07, 6.45) is 8.52. The monoisotopic (exact) mass is 383 g/mol. The highest BCUT2D eigenvalue weighted by molar-refractivity contribution is 5.76. The molecule has 0 bridgehead atoms. The third kappa shape index (κ3) is 6.18. The zero-order chi connectivity index (χ0) is 19.8. The van der Waals surface area contributed by atoms with Gasteiger partial charge in [-0.2, -0.15) is 4.98 Å². The van der Waals surface area contributed by atoms with Crippen LogP contribution in [0.5, 0.6) is 0 Å². The molecule has 1 aliphatic heterocycles. The van der Waals surface area contributed by atoms with E-state index in [1.807, 2.05) is 4.90 Å². The third-order valence-corrected chi connectivity index (χ3v) is 5.69. The molecular formula is C23H33N3O2. The van der Waals surface area contributed by atoms with Crippen molar-refractivity contribution in [2.45, 2.75) is 71.6 Å². The maximum absolute atomic E-state index is 12.5. The van der Waals surface area contributed by atoms with Crippen LogP contribution in [0.3, 0.4) is 0 Å².